The van der Waals surface area contributed by atoms with Gasteiger partial charge in [0.1, 0.15) is 0 Å². The van der Waals surface area contributed by atoms with E-state index in [1.165, 1.54) is 6.07 Å². The molecule has 0 spiro atoms. The Balaban J connectivity index is 2.52. The van der Waals surface area contributed by atoms with Crippen molar-refractivity contribution in [2.45, 2.75) is 59.9 Å². The molecule has 1 aromatic carbocycles. The molecule has 1 aromatic heterocycles. The van der Waals surface area contributed by atoms with Gasteiger partial charge in [0.05, 0.1) is 12.5 Å². The summed E-state index contributed by atoms with van der Waals surface area (Å²) in [7, 11) is 0. The topological polar surface area (TPSA) is 79.3 Å². The Hall–Kier alpha value is -2.83. The molecule has 1 unspecified atom stereocenters. The maximum atomic E-state index is 14.8. The third-order valence-electron chi connectivity index (χ3n) is 5.36. The number of aryl methyl sites for hydroxylation is 2. The fourth-order valence-electron chi connectivity index (χ4n) is 3.90. The van der Waals surface area contributed by atoms with E-state index in [0.717, 1.165) is 17.2 Å². The van der Waals surface area contributed by atoms with Crippen LogP contribution in [-0.2, 0) is 9.59 Å². The van der Waals surface area contributed by atoms with Crippen LogP contribution in [0.3, 0.4) is 0 Å². The van der Waals surface area contributed by atoms with E-state index in [1.54, 1.807) is 12.4 Å². The fraction of sp³-hybridized carbons (Fsp3) is 0.458. The molecule has 0 aliphatic rings. The predicted molar refractivity (Wildman–Crippen MR) is 115 cm³/mol. The molecule has 2 N–H and O–H groups in total. The number of carboxylic acids is 1. The van der Waals surface area contributed by atoms with Crippen molar-refractivity contribution in [1.29, 1.82) is 0 Å². The molecule has 31 heavy (non-hydrogen) atoms. The summed E-state index contributed by atoms with van der Waals surface area (Å²) in [6, 6.07) is 1.31. The summed E-state index contributed by atoms with van der Waals surface area (Å²) in [4.78, 5) is 28.4. The minimum Gasteiger partial charge on any atom is -0.481 e. The van der Waals surface area contributed by atoms with E-state index in [-0.39, 0.29) is 23.3 Å². The van der Waals surface area contributed by atoms with E-state index in [2.05, 4.69) is 10.3 Å². The molecule has 5 nitrogen and oxygen atoms in total. The maximum absolute atomic E-state index is 14.8. The third kappa shape index (κ3) is 6.09. The zero-order valence-electron chi connectivity index (χ0n) is 18.6. The van der Waals surface area contributed by atoms with Gasteiger partial charge in [-0.3, -0.25) is 14.6 Å². The molecule has 1 heterocycles. The van der Waals surface area contributed by atoms with Crippen molar-refractivity contribution in [3.63, 3.8) is 0 Å². The number of hydrogen-bond donors (Lipinski definition) is 2. The van der Waals surface area contributed by atoms with Gasteiger partial charge in [-0.15, -0.1) is 0 Å². The molecule has 0 saturated heterocycles. The van der Waals surface area contributed by atoms with Gasteiger partial charge in [-0.05, 0) is 67.0 Å². The SMILES string of the molecule is CC[C@@H](CC(C)C)C(=O)NC(CC(=O)O)c1cc(-c2c(C)cncc2C)cc(F)c1F. The van der Waals surface area contributed by atoms with Gasteiger partial charge in [0, 0.05) is 23.9 Å². The van der Waals surface area contributed by atoms with Gasteiger partial charge in [-0.2, -0.15) is 0 Å². The number of aliphatic carboxylic acids is 1. The number of rotatable bonds is 9. The van der Waals surface area contributed by atoms with Crippen LogP contribution in [0.4, 0.5) is 8.78 Å². The van der Waals surface area contributed by atoms with Gasteiger partial charge in [0.25, 0.3) is 0 Å². The van der Waals surface area contributed by atoms with Crippen molar-refractivity contribution in [2.75, 3.05) is 0 Å². The van der Waals surface area contributed by atoms with Gasteiger partial charge in [0.15, 0.2) is 11.6 Å². The molecule has 2 atom stereocenters. The smallest absolute Gasteiger partial charge is 0.305 e. The largest absolute Gasteiger partial charge is 0.481 e. The molecule has 0 radical (unpaired) electrons. The Morgan fingerprint density at radius 1 is 1.13 bits per heavy atom. The molecule has 168 valence electrons. The second kappa shape index (κ2) is 10.5. The number of benzene rings is 1. The number of nitrogens with one attached hydrogen (secondary N) is 1. The molecule has 0 aliphatic heterocycles. The minimum atomic E-state index is -1.22. The first-order valence-corrected chi connectivity index (χ1v) is 10.5. The Bertz CT molecular complexity index is 940. The lowest BCUT2D eigenvalue weighted by molar-refractivity contribution is -0.138. The molecule has 2 aromatic rings. The first kappa shape index (κ1) is 24.4. The van der Waals surface area contributed by atoms with E-state index in [1.807, 2.05) is 34.6 Å². The number of carbonyl (C=O) groups is 2. The molecular formula is C24H30F2N2O3. The summed E-state index contributed by atoms with van der Waals surface area (Å²) in [6.07, 6.45) is 3.87. The van der Waals surface area contributed by atoms with Gasteiger partial charge < -0.3 is 10.4 Å². The Morgan fingerprint density at radius 3 is 2.26 bits per heavy atom. The highest BCUT2D eigenvalue weighted by Crippen LogP contribution is 2.33. The summed E-state index contributed by atoms with van der Waals surface area (Å²) in [5, 5.41) is 12.0. The van der Waals surface area contributed by atoms with Gasteiger partial charge in [-0.1, -0.05) is 20.8 Å². The summed E-state index contributed by atoms with van der Waals surface area (Å²) >= 11 is 0. The second-order valence-electron chi connectivity index (χ2n) is 8.40. The number of nitrogens with zero attached hydrogens (tertiary/aromatic N) is 1. The minimum absolute atomic E-state index is 0.180. The van der Waals surface area contributed by atoms with E-state index in [9.17, 15) is 23.5 Å². The standard InChI is InChI=1S/C24H30F2N2O3/c1-6-16(7-13(2)3)24(31)28-20(10-21(29)30)18-8-17(9-19(25)23(18)26)22-14(4)11-27-12-15(22)5/h8-9,11-13,16,20H,6-7,10H2,1-5H3,(H,28,31)(H,29,30)/t16-,20?/m0/s1. The summed E-state index contributed by atoms with van der Waals surface area (Å²) < 4.78 is 29.4. The number of amides is 1. The summed E-state index contributed by atoms with van der Waals surface area (Å²) in [5.74, 6) is -3.90. The number of aromatic nitrogens is 1. The maximum Gasteiger partial charge on any atom is 0.305 e. The highest BCUT2D eigenvalue weighted by atomic mass is 19.2. The normalized spacial score (nSPS) is 13.2. The van der Waals surface area contributed by atoms with Crippen LogP contribution in [-0.4, -0.2) is 22.0 Å². The summed E-state index contributed by atoms with van der Waals surface area (Å²) in [6.45, 7) is 9.47. The number of pyridine rings is 1. The highest BCUT2D eigenvalue weighted by molar-refractivity contribution is 5.80. The predicted octanol–water partition coefficient (Wildman–Crippen LogP) is 5.35. The van der Waals surface area contributed by atoms with Crippen molar-refractivity contribution in [3.8, 4) is 11.1 Å². The van der Waals surface area contributed by atoms with Crippen LogP contribution < -0.4 is 5.32 Å². The van der Waals surface area contributed by atoms with E-state index < -0.39 is 30.1 Å². The number of carbonyl (C=O) groups excluding carboxylic acids is 1. The van der Waals surface area contributed by atoms with Gasteiger partial charge >= 0.3 is 5.97 Å². The summed E-state index contributed by atoms with van der Waals surface area (Å²) in [5.41, 5.74) is 2.48. The van der Waals surface area contributed by atoms with E-state index in [4.69, 9.17) is 0 Å². The Kier molecular flexibility index (Phi) is 8.25. The van der Waals surface area contributed by atoms with Crippen LogP contribution in [0.15, 0.2) is 24.5 Å². The average Bonchev–Trinajstić information content (AvgIpc) is 2.67. The van der Waals surface area contributed by atoms with Gasteiger partial charge in [-0.25, -0.2) is 8.78 Å². The first-order valence-electron chi connectivity index (χ1n) is 10.5. The fourth-order valence-corrected chi connectivity index (χ4v) is 3.90. The molecule has 0 bridgehead atoms. The number of halogens is 2. The molecule has 1 amide bonds. The van der Waals surface area contributed by atoms with E-state index >= 15 is 0 Å². The number of hydrogen-bond acceptors (Lipinski definition) is 3. The second-order valence-corrected chi connectivity index (χ2v) is 8.40. The molecule has 0 fully saturated rings. The van der Waals surface area contributed by atoms with Crippen molar-refractivity contribution in [3.05, 3.63) is 52.9 Å². The monoisotopic (exact) mass is 432 g/mol. The van der Waals surface area contributed by atoms with Crippen LogP contribution in [0.25, 0.3) is 11.1 Å². The molecule has 0 aliphatic carbocycles. The molecular weight excluding hydrogens is 402 g/mol. The zero-order valence-corrected chi connectivity index (χ0v) is 18.6. The Morgan fingerprint density at radius 2 is 1.74 bits per heavy atom. The Labute approximate surface area is 181 Å². The average molecular weight is 433 g/mol. The van der Waals surface area contributed by atoms with E-state index in [0.29, 0.717) is 24.0 Å². The quantitative estimate of drug-likeness (QED) is 0.560. The van der Waals surface area contributed by atoms with Crippen LogP contribution >= 0.6 is 0 Å². The lowest BCUT2D eigenvalue weighted by atomic mass is 9.91. The van der Waals surface area contributed by atoms with Crippen LogP contribution in [0.2, 0.25) is 0 Å². The van der Waals surface area contributed by atoms with Crippen LogP contribution in [0.5, 0.6) is 0 Å². The van der Waals surface area contributed by atoms with Gasteiger partial charge in [0.2, 0.25) is 5.91 Å². The molecule has 0 saturated carbocycles. The molecule has 2 rings (SSSR count). The highest BCUT2D eigenvalue weighted by Gasteiger charge is 2.27. The third-order valence-corrected chi connectivity index (χ3v) is 5.36. The van der Waals surface area contributed by atoms with Crippen molar-refractivity contribution >= 4 is 11.9 Å². The lowest BCUT2D eigenvalue weighted by Crippen LogP contribution is -2.36. The lowest BCUT2D eigenvalue weighted by Gasteiger charge is -2.24. The molecule has 7 heteroatoms. The van der Waals surface area contributed by atoms with Crippen LogP contribution in [0.1, 0.15) is 62.8 Å². The first-order chi connectivity index (χ1) is 14.5. The van der Waals surface area contributed by atoms with Crippen molar-refractivity contribution < 1.29 is 23.5 Å². The van der Waals surface area contributed by atoms with Crippen LogP contribution in [0, 0.1) is 37.3 Å². The zero-order chi connectivity index (χ0) is 23.3. The number of carboxylic acid groups (broad SMARTS) is 1. The van der Waals surface area contributed by atoms with Crippen molar-refractivity contribution in [2.24, 2.45) is 11.8 Å². The van der Waals surface area contributed by atoms with Crippen molar-refractivity contribution in [1.82, 2.24) is 10.3 Å².